The lowest BCUT2D eigenvalue weighted by Gasteiger charge is -2.06. The summed E-state index contributed by atoms with van der Waals surface area (Å²) in [5, 5.41) is 21.0. The second-order valence-electron chi connectivity index (χ2n) is 4.26. The molecule has 0 fully saturated rings. The molecule has 1 aromatic carbocycles. The van der Waals surface area contributed by atoms with Crippen molar-refractivity contribution in [2.45, 2.75) is 18.0 Å². The third-order valence-corrected chi connectivity index (χ3v) is 3.59. The van der Waals surface area contributed by atoms with Crippen LogP contribution in [-0.2, 0) is 23.1 Å². The molecular weight excluding hydrogens is 280 g/mol. The van der Waals surface area contributed by atoms with Crippen LogP contribution in [-0.4, -0.2) is 29.9 Å². The molecular formula is C12H16N4O3S. The van der Waals surface area contributed by atoms with Gasteiger partial charge in [0.15, 0.2) is 0 Å². The summed E-state index contributed by atoms with van der Waals surface area (Å²) in [7, 11) is -3.70. The predicted octanol–water partition coefficient (Wildman–Crippen LogP) is 0.135. The number of primary sulfonamides is 1. The van der Waals surface area contributed by atoms with E-state index < -0.39 is 10.0 Å². The summed E-state index contributed by atoms with van der Waals surface area (Å²) in [5.74, 6) is 0. The first kappa shape index (κ1) is 14.5. The highest BCUT2D eigenvalue weighted by molar-refractivity contribution is 7.89. The van der Waals surface area contributed by atoms with Crippen molar-refractivity contribution in [3.8, 4) is 0 Å². The smallest absolute Gasteiger partial charge is 0.238 e. The Balaban J connectivity index is 2.03. The molecule has 0 aliphatic rings. The van der Waals surface area contributed by atoms with Crippen molar-refractivity contribution >= 4 is 15.7 Å². The van der Waals surface area contributed by atoms with Crippen molar-refractivity contribution in [2.75, 3.05) is 11.9 Å². The summed E-state index contributed by atoms with van der Waals surface area (Å²) in [6.45, 7) is 0.978. The minimum Gasteiger partial charge on any atom is -0.394 e. The summed E-state index contributed by atoms with van der Waals surface area (Å²) >= 11 is 0. The number of aromatic nitrogens is 2. The van der Waals surface area contributed by atoms with Gasteiger partial charge in [-0.1, -0.05) is 6.07 Å². The number of aliphatic hydroxyl groups excluding tert-OH is 1. The average Bonchev–Trinajstić information content (AvgIpc) is 2.84. The molecule has 2 aromatic rings. The Morgan fingerprint density at radius 1 is 1.40 bits per heavy atom. The first-order chi connectivity index (χ1) is 9.49. The topological polar surface area (TPSA) is 110 Å². The molecule has 7 nitrogen and oxygen atoms in total. The van der Waals surface area contributed by atoms with Gasteiger partial charge in [0, 0.05) is 24.0 Å². The van der Waals surface area contributed by atoms with Crippen LogP contribution >= 0.6 is 0 Å². The number of hydrogen-bond donors (Lipinski definition) is 3. The van der Waals surface area contributed by atoms with E-state index in [0.29, 0.717) is 18.8 Å². The molecule has 8 heteroatoms. The number of benzene rings is 1. The molecule has 0 spiro atoms. The van der Waals surface area contributed by atoms with Gasteiger partial charge in [-0.15, -0.1) is 0 Å². The van der Waals surface area contributed by atoms with E-state index in [1.54, 1.807) is 23.0 Å². The number of rotatable bonds is 6. The van der Waals surface area contributed by atoms with Gasteiger partial charge in [-0.25, -0.2) is 13.6 Å². The molecule has 0 bridgehead atoms. The van der Waals surface area contributed by atoms with Crippen LogP contribution in [0.1, 0.15) is 5.56 Å². The van der Waals surface area contributed by atoms with E-state index in [1.165, 1.54) is 12.1 Å². The zero-order valence-electron chi connectivity index (χ0n) is 10.7. The largest absolute Gasteiger partial charge is 0.394 e. The first-order valence-electron chi connectivity index (χ1n) is 5.98. The van der Waals surface area contributed by atoms with Gasteiger partial charge in [0.05, 0.1) is 24.2 Å². The van der Waals surface area contributed by atoms with Crippen LogP contribution in [0.15, 0.2) is 41.6 Å². The van der Waals surface area contributed by atoms with Gasteiger partial charge in [-0.2, -0.15) is 5.10 Å². The number of nitrogens with one attached hydrogen (secondary N) is 1. The number of anilines is 1. The summed E-state index contributed by atoms with van der Waals surface area (Å²) in [6.07, 6.45) is 3.50. The molecule has 0 atom stereocenters. The van der Waals surface area contributed by atoms with E-state index in [9.17, 15) is 8.42 Å². The summed E-state index contributed by atoms with van der Waals surface area (Å²) in [5.41, 5.74) is 1.59. The van der Waals surface area contributed by atoms with Crippen molar-refractivity contribution in [1.29, 1.82) is 0 Å². The molecule has 1 heterocycles. The highest BCUT2D eigenvalue weighted by Crippen LogP contribution is 2.15. The van der Waals surface area contributed by atoms with Crippen LogP contribution in [0.2, 0.25) is 0 Å². The highest BCUT2D eigenvalue weighted by atomic mass is 32.2. The number of hydrogen-bond acceptors (Lipinski definition) is 5. The standard InChI is InChI=1S/C12H16N4O3S/c13-20(18,19)12-3-1-2-11(6-12)14-7-10-8-15-16(9-10)4-5-17/h1-3,6,8-9,14,17H,4-5,7H2,(H2,13,18,19). The fraction of sp³-hybridized carbons (Fsp3) is 0.250. The molecule has 0 unspecified atom stereocenters. The average molecular weight is 296 g/mol. The normalized spacial score (nSPS) is 11.5. The van der Waals surface area contributed by atoms with Crippen LogP contribution in [0.4, 0.5) is 5.69 Å². The van der Waals surface area contributed by atoms with Crippen molar-refractivity contribution in [1.82, 2.24) is 9.78 Å². The Hall–Kier alpha value is -1.90. The van der Waals surface area contributed by atoms with E-state index in [4.69, 9.17) is 10.2 Å². The maximum Gasteiger partial charge on any atom is 0.238 e. The van der Waals surface area contributed by atoms with Gasteiger partial charge >= 0.3 is 0 Å². The van der Waals surface area contributed by atoms with Crippen LogP contribution in [0.5, 0.6) is 0 Å². The van der Waals surface area contributed by atoms with Crippen LogP contribution in [0.3, 0.4) is 0 Å². The Kier molecular flexibility index (Phi) is 4.38. The molecule has 0 saturated carbocycles. The zero-order chi connectivity index (χ0) is 14.6. The second kappa shape index (κ2) is 6.04. The van der Waals surface area contributed by atoms with E-state index in [-0.39, 0.29) is 11.5 Å². The van der Waals surface area contributed by atoms with Crippen LogP contribution < -0.4 is 10.5 Å². The number of nitrogens with two attached hydrogens (primary N) is 1. The summed E-state index contributed by atoms with van der Waals surface area (Å²) in [6, 6.07) is 6.30. The first-order valence-corrected chi connectivity index (χ1v) is 7.52. The molecule has 0 radical (unpaired) electrons. The molecule has 0 amide bonds. The SMILES string of the molecule is NS(=O)(=O)c1cccc(NCc2cnn(CCO)c2)c1. The lowest BCUT2D eigenvalue weighted by atomic mass is 10.3. The highest BCUT2D eigenvalue weighted by Gasteiger charge is 2.07. The molecule has 2 rings (SSSR count). The lowest BCUT2D eigenvalue weighted by molar-refractivity contribution is 0.269. The molecule has 0 saturated heterocycles. The minimum atomic E-state index is -3.70. The maximum atomic E-state index is 11.2. The quantitative estimate of drug-likeness (QED) is 0.702. The second-order valence-corrected chi connectivity index (χ2v) is 5.82. The van der Waals surface area contributed by atoms with E-state index in [2.05, 4.69) is 10.4 Å². The van der Waals surface area contributed by atoms with Gasteiger partial charge in [0.2, 0.25) is 10.0 Å². The summed E-state index contributed by atoms with van der Waals surface area (Å²) in [4.78, 5) is 0.0680. The van der Waals surface area contributed by atoms with Crippen molar-refractivity contribution in [3.63, 3.8) is 0 Å². The van der Waals surface area contributed by atoms with Crippen molar-refractivity contribution in [3.05, 3.63) is 42.2 Å². The predicted molar refractivity (Wildman–Crippen MR) is 74.5 cm³/mol. The zero-order valence-corrected chi connectivity index (χ0v) is 11.5. The third-order valence-electron chi connectivity index (χ3n) is 2.68. The summed E-state index contributed by atoms with van der Waals surface area (Å²) < 4.78 is 24.1. The molecule has 1 aromatic heterocycles. The van der Waals surface area contributed by atoms with Gasteiger partial charge in [-0.05, 0) is 18.2 Å². The molecule has 20 heavy (non-hydrogen) atoms. The van der Waals surface area contributed by atoms with Gasteiger partial charge in [0.1, 0.15) is 0 Å². The monoisotopic (exact) mass is 296 g/mol. The third kappa shape index (κ3) is 3.80. The van der Waals surface area contributed by atoms with Crippen molar-refractivity contribution in [2.24, 2.45) is 5.14 Å². The number of sulfonamides is 1. The number of aliphatic hydroxyl groups is 1. The molecule has 108 valence electrons. The van der Waals surface area contributed by atoms with Gasteiger partial charge in [-0.3, -0.25) is 4.68 Å². The fourth-order valence-corrected chi connectivity index (χ4v) is 2.27. The van der Waals surface area contributed by atoms with Crippen molar-refractivity contribution < 1.29 is 13.5 Å². The van der Waals surface area contributed by atoms with E-state index >= 15 is 0 Å². The Labute approximate surface area is 117 Å². The Morgan fingerprint density at radius 2 is 2.20 bits per heavy atom. The van der Waals surface area contributed by atoms with Crippen LogP contribution in [0, 0.1) is 0 Å². The Bertz CT molecular complexity index is 682. The van der Waals surface area contributed by atoms with E-state index in [1.807, 2.05) is 6.20 Å². The molecule has 0 aliphatic heterocycles. The number of nitrogens with zero attached hydrogens (tertiary/aromatic N) is 2. The minimum absolute atomic E-state index is 0.0327. The Morgan fingerprint density at radius 3 is 2.90 bits per heavy atom. The molecule has 4 N–H and O–H groups in total. The van der Waals surface area contributed by atoms with Gasteiger partial charge in [0.25, 0.3) is 0 Å². The van der Waals surface area contributed by atoms with Crippen LogP contribution in [0.25, 0.3) is 0 Å². The lowest BCUT2D eigenvalue weighted by Crippen LogP contribution is -2.12. The molecule has 0 aliphatic carbocycles. The maximum absolute atomic E-state index is 11.2. The van der Waals surface area contributed by atoms with E-state index in [0.717, 1.165) is 5.56 Å². The fourth-order valence-electron chi connectivity index (χ4n) is 1.71. The van der Waals surface area contributed by atoms with Gasteiger partial charge < -0.3 is 10.4 Å².